The lowest BCUT2D eigenvalue weighted by Gasteiger charge is -2.41. The summed E-state index contributed by atoms with van der Waals surface area (Å²) in [6.45, 7) is 8.20. The van der Waals surface area contributed by atoms with E-state index in [9.17, 15) is 9.59 Å². The Labute approximate surface area is 124 Å². The van der Waals surface area contributed by atoms with E-state index in [1.165, 1.54) is 9.75 Å². The molecule has 0 saturated carbocycles. The first-order valence-electron chi connectivity index (χ1n) is 7.04. The number of nitrogens with one attached hydrogen (secondary N) is 1. The number of aryl methyl sites for hydroxylation is 1. The molecule has 20 heavy (non-hydrogen) atoms. The van der Waals surface area contributed by atoms with Gasteiger partial charge in [-0.05, 0) is 31.9 Å². The van der Waals surface area contributed by atoms with Crippen molar-refractivity contribution in [3.05, 3.63) is 21.9 Å². The van der Waals surface area contributed by atoms with Gasteiger partial charge in [0.25, 0.3) is 0 Å². The zero-order chi connectivity index (χ0) is 14.9. The quantitative estimate of drug-likeness (QED) is 0.923. The number of piperazine rings is 1. The molecule has 1 N–H and O–H groups in total. The van der Waals surface area contributed by atoms with Crippen LogP contribution < -0.4 is 5.32 Å². The standard InChI is InChI=1S/C15H22N2O2S/c1-9(2)14-15(19)16-8-13(18)17(14)10(3)7-12-6-5-11(4)20-12/h5-6,9-10,14H,7-8H2,1-4H3,(H,16,19). The molecule has 0 bridgehead atoms. The van der Waals surface area contributed by atoms with Crippen LogP contribution in [0.3, 0.4) is 0 Å². The van der Waals surface area contributed by atoms with Gasteiger partial charge in [0.2, 0.25) is 11.8 Å². The first-order valence-corrected chi connectivity index (χ1v) is 7.86. The number of rotatable bonds is 4. The maximum atomic E-state index is 12.2. The fourth-order valence-electron chi connectivity index (χ4n) is 2.77. The molecule has 0 aliphatic carbocycles. The molecular weight excluding hydrogens is 272 g/mol. The zero-order valence-corrected chi connectivity index (χ0v) is 13.3. The summed E-state index contributed by atoms with van der Waals surface area (Å²) in [4.78, 5) is 28.6. The van der Waals surface area contributed by atoms with Crippen LogP contribution in [0.1, 0.15) is 30.5 Å². The monoisotopic (exact) mass is 294 g/mol. The second-order valence-electron chi connectivity index (χ2n) is 5.77. The van der Waals surface area contributed by atoms with Gasteiger partial charge in [0, 0.05) is 22.2 Å². The molecule has 0 radical (unpaired) electrons. The summed E-state index contributed by atoms with van der Waals surface area (Å²) in [5.41, 5.74) is 0. The van der Waals surface area contributed by atoms with E-state index < -0.39 is 0 Å². The highest BCUT2D eigenvalue weighted by Crippen LogP contribution is 2.23. The number of hydrogen-bond donors (Lipinski definition) is 1. The summed E-state index contributed by atoms with van der Waals surface area (Å²) >= 11 is 1.75. The summed E-state index contributed by atoms with van der Waals surface area (Å²) in [5, 5.41) is 2.69. The predicted molar refractivity (Wildman–Crippen MR) is 80.7 cm³/mol. The van der Waals surface area contributed by atoms with E-state index >= 15 is 0 Å². The van der Waals surface area contributed by atoms with Crippen LogP contribution in [0.25, 0.3) is 0 Å². The molecule has 2 rings (SSSR count). The van der Waals surface area contributed by atoms with Crippen molar-refractivity contribution in [2.24, 2.45) is 5.92 Å². The van der Waals surface area contributed by atoms with Crippen molar-refractivity contribution in [1.29, 1.82) is 0 Å². The molecule has 0 aromatic carbocycles. The van der Waals surface area contributed by atoms with Gasteiger partial charge in [0.15, 0.2) is 0 Å². The van der Waals surface area contributed by atoms with E-state index in [2.05, 4.69) is 24.4 Å². The average Bonchev–Trinajstić information content (AvgIpc) is 2.76. The molecule has 1 saturated heterocycles. The minimum atomic E-state index is -0.354. The van der Waals surface area contributed by atoms with Crippen molar-refractivity contribution < 1.29 is 9.59 Å². The van der Waals surface area contributed by atoms with Gasteiger partial charge in [-0.3, -0.25) is 9.59 Å². The van der Waals surface area contributed by atoms with Crippen LogP contribution in [-0.2, 0) is 16.0 Å². The van der Waals surface area contributed by atoms with Crippen molar-refractivity contribution >= 4 is 23.2 Å². The summed E-state index contributed by atoms with van der Waals surface area (Å²) in [7, 11) is 0. The lowest BCUT2D eigenvalue weighted by atomic mass is 9.96. The SMILES string of the molecule is Cc1ccc(CC(C)N2C(=O)CNC(=O)C2C(C)C)s1. The molecular formula is C15H22N2O2S. The van der Waals surface area contributed by atoms with E-state index in [-0.39, 0.29) is 36.4 Å². The van der Waals surface area contributed by atoms with Gasteiger partial charge in [-0.15, -0.1) is 11.3 Å². The summed E-state index contributed by atoms with van der Waals surface area (Å²) < 4.78 is 0. The predicted octanol–water partition coefficient (Wildman–Crippen LogP) is 1.97. The molecule has 1 aromatic rings. The molecule has 2 atom stereocenters. The number of hydrogen-bond acceptors (Lipinski definition) is 3. The second-order valence-corrected chi connectivity index (χ2v) is 7.15. The largest absolute Gasteiger partial charge is 0.345 e. The third-order valence-electron chi connectivity index (χ3n) is 3.67. The van der Waals surface area contributed by atoms with E-state index in [1.807, 2.05) is 20.8 Å². The van der Waals surface area contributed by atoms with E-state index in [1.54, 1.807) is 16.2 Å². The Hall–Kier alpha value is -1.36. The molecule has 2 amide bonds. The molecule has 0 spiro atoms. The third-order valence-corrected chi connectivity index (χ3v) is 4.69. The first-order chi connectivity index (χ1) is 9.40. The van der Waals surface area contributed by atoms with E-state index in [0.29, 0.717) is 0 Å². The van der Waals surface area contributed by atoms with Crippen molar-refractivity contribution in [1.82, 2.24) is 10.2 Å². The minimum absolute atomic E-state index is 0.0177. The van der Waals surface area contributed by atoms with Gasteiger partial charge in [-0.25, -0.2) is 0 Å². The van der Waals surface area contributed by atoms with Gasteiger partial charge < -0.3 is 10.2 Å². The highest BCUT2D eigenvalue weighted by atomic mass is 32.1. The Morgan fingerprint density at radius 1 is 1.35 bits per heavy atom. The maximum Gasteiger partial charge on any atom is 0.243 e. The second kappa shape index (κ2) is 5.95. The van der Waals surface area contributed by atoms with E-state index in [4.69, 9.17) is 0 Å². The number of carbonyl (C=O) groups excluding carboxylic acids is 2. The number of thiophene rings is 1. The smallest absolute Gasteiger partial charge is 0.243 e. The van der Waals surface area contributed by atoms with Crippen LogP contribution in [0.4, 0.5) is 0 Å². The first kappa shape index (κ1) is 15.0. The Balaban J connectivity index is 2.17. The number of nitrogens with zero attached hydrogens (tertiary/aromatic N) is 1. The molecule has 5 heteroatoms. The van der Waals surface area contributed by atoms with E-state index in [0.717, 1.165) is 6.42 Å². The summed E-state index contributed by atoms with van der Waals surface area (Å²) in [6.07, 6.45) is 0.806. The van der Waals surface area contributed by atoms with Gasteiger partial charge >= 0.3 is 0 Å². The van der Waals surface area contributed by atoms with Crippen LogP contribution in [0.5, 0.6) is 0 Å². The van der Waals surface area contributed by atoms with Crippen LogP contribution >= 0.6 is 11.3 Å². The van der Waals surface area contributed by atoms with Gasteiger partial charge in [-0.1, -0.05) is 13.8 Å². The zero-order valence-electron chi connectivity index (χ0n) is 12.5. The third kappa shape index (κ3) is 3.03. The van der Waals surface area contributed by atoms with Crippen molar-refractivity contribution in [3.63, 3.8) is 0 Å². The highest BCUT2D eigenvalue weighted by molar-refractivity contribution is 7.11. The Morgan fingerprint density at radius 3 is 2.60 bits per heavy atom. The maximum absolute atomic E-state index is 12.2. The Kier molecular flexibility index (Phi) is 4.48. The van der Waals surface area contributed by atoms with Crippen LogP contribution in [-0.4, -0.2) is 35.3 Å². The van der Waals surface area contributed by atoms with Crippen LogP contribution in [0.15, 0.2) is 12.1 Å². The average molecular weight is 294 g/mol. The normalized spacial score (nSPS) is 21.2. The fraction of sp³-hybridized carbons (Fsp3) is 0.600. The number of carbonyl (C=O) groups is 2. The molecule has 1 aliphatic heterocycles. The molecule has 1 aliphatic rings. The topological polar surface area (TPSA) is 49.4 Å². The molecule has 1 fully saturated rings. The van der Waals surface area contributed by atoms with Gasteiger partial charge in [-0.2, -0.15) is 0 Å². The number of amides is 2. The lowest BCUT2D eigenvalue weighted by molar-refractivity contribution is -0.149. The Morgan fingerprint density at radius 2 is 2.05 bits per heavy atom. The molecule has 1 aromatic heterocycles. The van der Waals surface area contributed by atoms with Gasteiger partial charge in [0.05, 0.1) is 6.54 Å². The van der Waals surface area contributed by atoms with Crippen molar-refractivity contribution in [2.75, 3.05) is 6.54 Å². The van der Waals surface area contributed by atoms with Crippen molar-refractivity contribution in [3.8, 4) is 0 Å². The van der Waals surface area contributed by atoms with Crippen LogP contribution in [0, 0.1) is 12.8 Å². The molecule has 2 unspecified atom stereocenters. The molecule has 4 nitrogen and oxygen atoms in total. The Bertz CT molecular complexity index is 510. The summed E-state index contributed by atoms with van der Waals surface area (Å²) in [5.74, 6) is 0.102. The van der Waals surface area contributed by atoms with Crippen LogP contribution in [0.2, 0.25) is 0 Å². The minimum Gasteiger partial charge on any atom is -0.345 e. The fourth-order valence-corrected chi connectivity index (χ4v) is 3.78. The summed E-state index contributed by atoms with van der Waals surface area (Å²) in [6, 6.07) is 3.89. The van der Waals surface area contributed by atoms with Gasteiger partial charge in [0.1, 0.15) is 6.04 Å². The molecule has 110 valence electrons. The molecule has 2 heterocycles. The highest BCUT2D eigenvalue weighted by Gasteiger charge is 2.38. The van der Waals surface area contributed by atoms with Crippen molar-refractivity contribution in [2.45, 2.75) is 46.2 Å². The lowest BCUT2D eigenvalue weighted by Crippen LogP contribution is -2.62.